The predicted molar refractivity (Wildman–Crippen MR) is 79.1 cm³/mol. The van der Waals surface area contributed by atoms with Crippen LogP contribution in [0.2, 0.25) is 5.15 Å². The van der Waals surface area contributed by atoms with Crippen molar-refractivity contribution in [2.75, 3.05) is 13.2 Å². The lowest BCUT2D eigenvalue weighted by Gasteiger charge is -2.10. The first-order valence-corrected chi connectivity index (χ1v) is 7.28. The summed E-state index contributed by atoms with van der Waals surface area (Å²) < 4.78 is 4.86. The van der Waals surface area contributed by atoms with E-state index in [2.05, 4.69) is 10.3 Å². The monoisotopic (exact) mass is 308 g/mol. The van der Waals surface area contributed by atoms with Gasteiger partial charge in [0, 0.05) is 17.5 Å². The third kappa shape index (κ3) is 3.82. The largest absolute Gasteiger partial charge is 0.465 e. The number of hydrogen-bond donors (Lipinski definition) is 1. The molecule has 112 valence electrons. The Hall–Kier alpha value is -1.88. The van der Waals surface area contributed by atoms with Gasteiger partial charge in [0.25, 0.3) is 0 Å². The lowest BCUT2D eigenvalue weighted by Crippen LogP contribution is -2.25. The summed E-state index contributed by atoms with van der Waals surface area (Å²) in [6.07, 6.45) is 3.85. The number of allylic oxidation sites excluding steroid dienone is 2. The van der Waals surface area contributed by atoms with Crippen LogP contribution < -0.4 is 5.32 Å². The van der Waals surface area contributed by atoms with Gasteiger partial charge in [-0.1, -0.05) is 11.6 Å². The highest BCUT2D eigenvalue weighted by Crippen LogP contribution is 2.28. The number of Topliss-reactive ketones (excluding diaryl/α,β-unsaturated/α-hetero) is 1. The Bertz CT molecular complexity index is 584. The molecule has 0 bridgehead atoms. The molecule has 0 aliphatic heterocycles. The van der Waals surface area contributed by atoms with Crippen LogP contribution in [-0.4, -0.2) is 29.9 Å². The fourth-order valence-corrected chi connectivity index (χ4v) is 2.50. The summed E-state index contributed by atoms with van der Waals surface area (Å²) >= 11 is 5.96. The van der Waals surface area contributed by atoms with Gasteiger partial charge in [0.2, 0.25) is 0 Å². The fraction of sp³-hybridized carbons (Fsp3) is 0.400. The second-order valence-corrected chi connectivity index (χ2v) is 5.00. The molecule has 2 rings (SSSR count). The van der Waals surface area contributed by atoms with E-state index in [1.807, 2.05) is 0 Å². The molecule has 0 radical (unpaired) electrons. The van der Waals surface area contributed by atoms with Gasteiger partial charge in [-0.05, 0) is 38.3 Å². The van der Waals surface area contributed by atoms with E-state index in [0.717, 1.165) is 18.5 Å². The minimum Gasteiger partial charge on any atom is -0.465 e. The number of nitrogens with zero attached hydrogens (tertiary/aromatic N) is 1. The summed E-state index contributed by atoms with van der Waals surface area (Å²) in [6.45, 7) is 2.17. The molecule has 0 amide bonds. The van der Waals surface area contributed by atoms with Crippen LogP contribution in [0.3, 0.4) is 0 Å². The summed E-state index contributed by atoms with van der Waals surface area (Å²) in [7, 11) is 0. The Morgan fingerprint density at radius 2 is 2.24 bits per heavy atom. The number of rotatable bonds is 6. The standard InChI is InChI=1S/C15H17ClN2O3/c1-2-21-13(19)9-18-12-7-3-5-10(12)14(20)11-6-4-8-17-15(11)16/h4,6,8,18H,2-3,5,7,9H2,1H3. The van der Waals surface area contributed by atoms with Crippen molar-refractivity contribution in [3.63, 3.8) is 0 Å². The minimum atomic E-state index is -0.330. The zero-order valence-corrected chi connectivity index (χ0v) is 12.6. The first-order chi connectivity index (χ1) is 10.1. The van der Waals surface area contributed by atoms with E-state index in [9.17, 15) is 9.59 Å². The third-order valence-electron chi connectivity index (χ3n) is 3.25. The second kappa shape index (κ2) is 7.22. The fourth-order valence-electron chi connectivity index (χ4n) is 2.30. The molecule has 0 saturated heterocycles. The second-order valence-electron chi connectivity index (χ2n) is 4.64. The summed E-state index contributed by atoms with van der Waals surface area (Å²) in [5.74, 6) is -0.458. The molecule has 1 aliphatic rings. The molecule has 1 aromatic rings. The van der Waals surface area contributed by atoms with Crippen molar-refractivity contribution in [1.82, 2.24) is 10.3 Å². The first kappa shape index (κ1) is 15.5. The van der Waals surface area contributed by atoms with Gasteiger partial charge >= 0.3 is 5.97 Å². The molecule has 0 fully saturated rings. The number of carbonyl (C=O) groups excluding carboxylic acids is 2. The van der Waals surface area contributed by atoms with E-state index in [1.165, 1.54) is 0 Å². The van der Waals surface area contributed by atoms with Gasteiger partial charge in [0.05, 0.1) is 12.2 Å². The number of halogens is 1. The number of ketones is 1. The molecular weight excluding hydrogens is 292 g/mol. The average molecular weight is 309 g/mol. The van der Waals surface area contributed by atoms with Crippen LogP contribution in [-0.2, 0) is 9.53 Å². The van der Waals surface area contributed by atoms with Gasteiger partial charge in [-0.3, -0.25) is 9.59 Å². The molecule has 5 nitrogen and oxygen atoms in total. The van der Waals surface area contributed by atoms with Crippen LogP contribution in [0.5, 0.6) is 0 Å². The molecule has 21 heavy (non-hydrogen) atoms. The van der Waals surface area contributed by atoms with Gasteiger partial charge in [0.15, 0.2) is 5.78 Å². The number of carbonyl (C=O) groups is 2. The number of pyridine rings is 1. The van der Waals surface area contributed by atoms with E-state index in [-0.39, 0.29) is 23.5 Å². The average Bonchev–Trinajstić information content (AvgIpc) is 2.93. The Labute approximate surface area is 128 Å². The molecule has 6 heteroatoms. The maximum absolute atomic E-state index is 12.5. The summed E-state index contributed by atoms with van der Waals surface area (Å²) in [5, 5.41) is 3.21. The predicted octanol–water partition coefficient (Wildman–Crippen LogP) is 2.51. The van der Waals surface area contributed by atoms with E-state index in [0.29, 0.717) is 24.2 Å². The zero-order chi connectivity index (χ0) is 15.2. The Balaban J connectivity index is 2.12. The van der Waals surface area contributed by atoms with Crippen LogP contribution in [0, 0.1) is 0 Å². The summed E-state index contributed by atoms with van der Waals surface area (Å²) in [6, 6.07) is 3.34. The highest BCUT2D eigenvalue weighted by molar-refractivity contribution is 6.33. The van der Waals surface area contributed by atoms with Gasteiger partial charge in [-0.15, -0.1) is 0 Å². The molecule has 0 spiro atoms. The van der Waals surface area contributed by atoms with E-state index in [1.54, 1.807) is 25.3 Å². The van der Waals surface area contributed by atoms with E-state index < -0.39 is 0 Å². The Kier molecular flexibility index (Phi) is 5.33. The molecular formula is C15H17ClN2O3. The van der Waals surface area contributed by atoms with Gasteiger partial charge in [-0.25, -0.2) is 4.98 Å². The molecule has 1 heterocycles. The molecule has 1 N–H and O–H groups in total. The smallest absolute Gasteiger partial charge is 0.325 e. The van der Waals surface area contributed by atoms with Gasteiger partial charge < -0.3 is 10.1 Å². The van der Waals surface area contributed by atoms with Crippen molar-refractivity contribution < 1.29 is 14.3 Å². The number of esters is 1. The van der Waals surface area contributed by atoms with E-state index >= 15 is 0 Å². The molecule has 1 aliphatic carbocycles. The quantitative estimate of drug-likeness (QED) is 0.497. The lowest BCUT2D eigenvalue weighted by atomic mass is 10.0. The van der Waals surface area contributed by atoms with Crippen LogP contribution in [0.1, 0.15) is 36.5 Å². The highest BCUT2D eigenvalue weighted by Gasteiger charge is 2.24. The van der Waals surface area contributed by atoms with Crippen molar-refractivity contribution in [3.8, 4) is 0 Å². The van der Waals surface area contributed by atoms with Crippen LogP contribution >= 0.6 is 11.6 Å². The number of nitrogens with one attached hydrogen (secondary N) is 1. The van der Waals surface area contributed by atoms with Gasteiger partial charge in [0.1, 0.15) is 11.7 Å². The van der Waals surface area contributed by atoms with Crippen molar-refractivity contribution >= 4 is 23.4 Å². The topological polar surface area (TPSA) is 68.3 Å². The number of aromatic nitrogens is 1. The minimum absolute atomic E-state index is 0.0702. The van der Waals surface area contributed by atoms with Crippen LogP contribution in [0.4, 0.5) is 0 Å². The normalized spacial score (nSPS) is 14.2. The number of ether oxygens (including phenoxy) is 1. The van der Waals surface area contributed by atoms with Crippen molar-refractivity contribution in [3.05, 3.63) is 40.3 Å². The molecule has 0 unspecified atom stereocenters. The Morgan fingerprint density at radius 3 is 2.95 bits per heavy atom. The van der Waals surface area contributed by atoms with Crippen molar-refractivity contribution in [2.45, 2.75) is 26.2 Å². The first-order valence-electron chi connectivity index (χ1n) is 6.90. The zero-order valence-electron chi connectivity index (χ0n) is 11.8. The molecule has 0 atom stereocenters. The van der Waals surface area contributed by atoms with Crippen molar-refractivity contribution in [1.29, 1.82) is 0 Å². The highest BCUT2D eigenvalue weighted by atomic mass is 35.5. The van der Waals surface area contributed by atoms with Crippen LogP contribution in [0.15, 0.2) is 29.6 Å². The van der Waals surface area contributed by atoms with Crippen molar-refractivity contribution in [2.24, 2.45) is 0 Å². The lowest BCUT2D eigenvalue weighted by molar-refractivity contribution is -0.141. The third-order valence-corrected chi connectivity index (χ3v) is 3.55. The van der Waals surface area contributed by atoms with Crippen LogP contribution in [0.25, 0.3) is 0 Å². The maximum Gasteiger partial charge on any atom is 0.325 e. The number of hydrogen-bond acceptors (Lipinski definition) is 5. The van der Waals surface area contributed by atoms with E-state index in [4.69, 9.17) is 16.3 Å². The molecule has 1 aromatic heterocycles. The molecule has 0 aromatic carbocycles. The molecule has 0 saturated carbocycles. The SMILES string of the molecule is CCOC(=O)CNC1=C(C(=O)c2cccnc2Cl)CCC1. The Morgan fingerprint density at radius 1 is 1.43 bits per heavy atom. The maximum atomic E-state index is 12.5. The summed E-state index contributed by atoms with van der Waals surface area (Å²) in [4.78, 5) is 27.8. The summed E-state index contributed by atoms with van der Waals surface area (Å²) in [5.41, 5.74) is 1.87. The van der Waals surface area contributed by atoms with Gasteiger partial charge in [-0.2, -0.15) is 0 Å².